The number of pyridine rings is 1. The van der Waals surface area contributed by atoms with Crippen molar-refractivity contribution in [3.63, 3.8) is 0 Å². The number of nitrogens with two attached hydrogens (primary N) is 1. The second kappa shape index (κ2) is 6.31. The summed E-state index contributed by atoms with van der Waals surface area (Å²) in [7, 11) is 3.35. The minimum Gasteiger partial charge on any atom is -0.383 e. The average Bonchev–Trinajstić information content (AvgIpc) is 2.50. The number of carbonyl (C=O) groups is 1. The quantitative estimate of drug-likeness (QED) is 0.633. The molecule has 1 aromatic heterocycles. The molecule has 0 unspecified atom stereocenters. The van der Waals surface area contributed by atoms with Crippen molar-refractivity contribution < 1.29 is 9.53 Å². The third-order valence-electron chi connectivity index (χ3n) is 3.07. The summed E-state index contributed by atoms with van der Waals surface area (Å²) in [5.74, 6) is 5.79. The van der Waals surface area contributed by atoms with Gasteiger partial charge in [-0.1, -0.05) is 18.2 Å². The normalized spacial score (nSPS) is 10.6. The van der Waals surface area contributed by atoms with Crippen LogP contribution < -0.4 is 11.3 Å². The fourth-order valence-corrected chi connectivity index (χ4v) is 1.96. The number of methoxy groups -OCH3 is 1. The number of hydrogen-bond acceptors (Lipinski definition) is 5. The lowest BCUT2D eigenvalue weighted by molar-refractivity contribution is 0.0746. The van der Waals surface area contributed by atoms with Crippen molar-refractivity contribution in [2.75, 3.05) is 32.7 Å². The molecular weight excluding hydrogens is 256 g/mol. The topological polar surface area (TPSA) is 80.5 Å². The lowest BCUT2D eigenvalue weighted by atomic mass is 10.1. The van der Waals surface area contributed by atoms with Crippen molar-refractivity contribution in [3.05, 3.63) is 35.9 Å². The number of para-hydroxylation sites is 1. The first-order valence-electron chi connectivity index (χ1n) is 6.28. The summed E-state index contributed by atoms with van der Waals surface area (Å²) >= 11 is 0. The SMILES string of the molecule is COCCN(C)C(=O)c1cc(NN)nc2ccccc12. The number of aromatic nitrogens is 1. The number of nitrogens with zero attached hydrogens (tertiary/aromatic N) is 2. The van der Waals surface area contributed by atoms with Gasteiger partial charge >= 0.3 is 0 Å². The van der Waals surface area contributed by atoms with Crippen LogP contribution in [0.2, 0.25) is 0 Å². The van der Waals surface area contributed by atoms with Crippen molar-refractivity contribution in [3.8, 4) is 0 Å². The molecule has 20 heavy (non-hydrogen) atoms. The number of carbonyl (C=O) groups excluding carboxylic acids is 1. The molecule has 106 valence electrons. The van der Waals surface area contributed by atoms with E-state index in [1.54, 1.807) is 25.1 Å². The number of likely N-dealkylation sites (N-methyl/N-ethyl adjacent to an activating group) is 1. The molecule has 0 radical (unpaired) electrons. The van der Waals surface area contributed by atoms with E-state index in [0.717, 1.165) is 10.9 Å². The summed E-state index contributed by atoms with van der Waals surface area (Å²) in [6, 6.07) is 9.14. The van der Waals surface area contributed by atoms with Crippen LogP contribution in [0.1, 0.15) is 10.4 Å². The van der Waals surface area contributed by atoms with Crippen LogP contribution in [-0.4, -0.2) is 43.1 Å². The van der Waals surface area contributed by atoms with Crippen LogP contribution in [0.5, 0.6) is 0 Å². The molecule has 0 fully saturated rings. The van der Waals surface area contributed by atoms with Gasteiger partial charge < -0.3 is 15.1 Å². The van der Waals surface area contributed by atoms with Crippen LogP contribution in [0.4, 0.5) is 5.82 Å². The first-order chi connectivity index (χ1) is 9.67. The highest BCUT2D eigenvalue weighted by Crippen LogP contribution is 2.21. The monoisotopic (exact) mass is 274 g/mol. The number of rotatable bonds is 5. The van der Waals surface area contributed by atoms with Crippen LogP contribution in [-0.2, 0) is 4.74 Å². The fourth-order valence-electron chi connectivity index (χ4n) is 1.96. The number of amides is 1. The highest BCUT2D eigenvalue weighted by atomic mass is 16.5. The second-order valence-corrected chi connectivity index (χ2v) is 4.44. The van der Waals surface area contributed by atoms with Gasteiger partial charge in [0.25, 0.3) is 5.91 Å². The number of hydrazine groups is 1. The van der Waals surface area contributed by atoms with Gasteiger partial charge in [-0.25, -0.2) is 10.8 Å². The minimum atomic E-state index is -0.0860. The van der Waals surface area contributed by atoms with Crippen molar-refractivity contribution in [1.82, 2.24) is 9.88 Å². The molecule has 0 saturated heterocycles. The highest BCUT2D eigenvalue weighted by Gasteiger charge is 2.16. The summed E-state index contributed by atoms with van der Waals surface area (Å²) < 4.78 is 4.99. The van der Waals surface area contributed by atoms with Gasteiger partial charge in [-0.15, -0.1) is 0 Å². The molecule has 3 N–H and O–H groups in total. The van der Waals surface area contributed by atoms with Gasteiger partial charge in [0.15, 0.2) is 0 Å². The molecule has 0 aliphatic carbocycles. The molecule has 0 aliphatic rings. The lowest BCUT2D eigenvalue weighted by Gasteiger charge is -2.18. The van der Waals surface area contributed by atoms with Crippen LogP contribution in [0, 0.1) is 0 Å². The Hall–Kier alpha value is -2.18. The van der Waals surface area contributed by atoms with Gasteiger partial charge in [0, 0.05) is 26.1 Å². The van der Waals surface area contributed by atoms with E-state index in [2.05, 4.69) is 10.4 Å². The van der Waals surface area contributed by atoms with Crippen LogP contribution in [0.15, 0.2) is 30.3 Å². The summed E-state index contributed by atoms with van der Waals surface area (Å²) in [6.07, 6.45) is 0. The zero-order valence-electron chi connectivity index (χ0n) is 11.6. The zero-order chi connectivity index (χ0) is 14.5. The highest BCUT2D eigenvalue weighted by molar-refractivity contribution is 6.06. The predicted octanol–water partition coefficient (Wildman–Crippen LogP) is 1.24. The summed E-state index contributed by atoms with van der Waals surface area (Å²) in [4.78, 5) is 18.4. The number of nitrogen functional groups attached to an aromatic ring is 1. The third kappa shape index (κ3) is 2.87. The Morgan fingerprint density at radius 3 is 2.90 bits per heavy atom. The molecule has 0 atom stereocenters. The van der Waals surface area contributed by atoms with Gasteiger partial charge in [-0.2, -0.15) is 0 Å². The summed E-state index contributed by atoms with van der Waals surface area (Å²) in [5.41, 5.74) is 3.79. The van der Waals surface area contributed by atoms with Crippen LogP contribution in [0.3, 0.4) is 0 Å². The first kappa shape index (κ1) is 14.2. The van der Waals surface area contributed by atoms with E-state index in [1.165, 1.54) is 0 Å². The van der Waals surface area contributed by atoms with Crippen molar-refractivity contribution >= 4 is 22.6 Å². The maximum atomic E-state index is 12.5. The minimum absolute atomic E-state index is 0.0860. The number of ether oxygens (including phenoxy) is 1. The van der Waals surface area contributed by atoms with Gasteiger partial charge in [0.1, 0.15) is 5.82 Å². The Balaban J connectivity index is 2.43. The van der Waals surface area contributed by atoms with E-state index in [1.807, 2.05) is 24.3 Å². The molecule has 2 rings (SSSR count). The molecule has 6 heteroatoms. The lowest BCUT2D eigenvalue weighted by Crippen LogP contribution is -2.30. The Morgan fingerprint density at radius 2 is 2.20 bits per heavy atom. The van der Waals surface area contributed by atoms with Crippen LogP contribution in [0.25, 0.3) is 10.9 Å². The third-order valence-corrected chi connectivity index (χ3v) is 3.07. The maximum absolute atomic E-state index is 12.5. The Morgan fingerprint density at radius 1 is 1.45 bits per heavy atom. The van der Waals surface area contributed by atoms with E-state index in [-0.39, 0.29) is 5.91 Å². The van der Waals surface area contributed by atoms with Crippen molar-refractivity contribution in [2.24, 2.45) is 5.84 Å². The molecule has 6 nitrogen and oxygen atoms in total. The molecular formula is C14H18N4O2. The molecule has 0 bridgehead atoms. The average molecular weight is 274 g/mol. The van der Waals surface area contributed by atoms with Crippen molar-refractivity contribution in [1.29, 1.82) is 0 Å². The molecule has 0 spiro atoms. The number of benzene rings is 1. The second-order valence-electron chi connectivity index (χ2n) is 4.44. The van der Waals surface area contributed by atoms with E-state index >= 15 is 0 Å². The van der Waals surface area contributed by atoms with Gasteiger partial charge in [-0.3, -0.25) is 4.79 Å². The molecule has 1 aromatic carbocycles. The smallest absolute Gasteiger partial charge is 0.254 e. The number of hydrogen-bond donors (Lipinski definition) is 2. The van der Waals surface area contributed by atoms with E-state index in [9.17, 15) is 4.79 Å². The van der Waals surface area contributed by atoms with Gasteiger partial charge in [0.2, 0.25) is 0 Å². The van der Waals surface area contributed by atoms with E-state index in [4.69, 9.17) is 10.6 Å². The molecule has 0 aliphatic heterocycles. The largest absolute Gasteiger partial charge is 0.383 e. The number of fused-ring (bicyclic) bond motifs is 1. The summed E-state index contributed by atoms with van der Waals surface area (Å²) in [5, 5.41) is 0.806. The first-order valence-corrected chi connectivity index (χ1v) is 6.28. The van der Waals surface area contributed by atoms with Crippen LogP contribution >= 0.6 is 0 Å². The number of anilines is 1. The Bertz CT molecular complexity index is 615. The van der Waals surface area contributed by atoms with E-state index < -0.39 is 0 Å². The molecule has 1 amide bonds. The predicted molar refractivity (Wildman–Crippen MR) is 78.4 cm³/mol. The maximum Gasteiger partial charge on any atom is 0.254 e. The number of nitrogens with one attached hydrogen (secondary N) is 1. The molecule has 1 heterocycles. The van der Waals surface area contributed by atoms with Crippen molar-refractivity contribution in [2.45, 2.75) is 0 Å². The van der Waals surface area contributed by atoms with E-state index in [0.29, 0.717) is 24.5 Å². The van der Waals surface area contributed by atoms with Gasteiger partial charge in [0.05, 0.1) is 17.7 Å². The Kier molecular flexibility index (Phi) is 4.49. The molecule has 0 saturated carbocycles. The summed E-state index contributed by atoms with van der Waals surface area (Å²) in [6.45, 7) is 1.02. The molecule has 2 aromatic rings. The zero-order valence-corrected chi connectivity index (χ0v) is 11.6. The van der Waals surface area contributed by atoms with Gasteiger partial charge in [-0.05, 0) is 12.1 Å². The standard InChI is InChI=1S/C14H18N4O2/c1-18(7-8-20-2)14(19)11-9-13(17-15)16-12-6-4-3-5-10(11)12/h3-6,9H,7-8,15H2,1-2H3,(H,16,17). The Labute approximate surface area is 117 Å². The fraction of sp³-hybridized carbons (Fsp3) is 0.286.